The Morgan fingerprint density at radius 2 is 1.39 bits per heavy atom. The van der Waals surface area contributed by atoms with Gasteiger partial charge in [0.15, 0.2) is 8.68 Å². The van der Waals surface area contributed by atoms with Crippen LogP contribution in [-0.2, 0) is 4.74 Å². The first kappa shape index (κ1) is 29.0. The van der Waals surface area contributed by atoms with Gasteiger partial charge < -0.3 is 4.74 Å². The third-order valence-corrected chi connectivity index (χ3v) is 13.8. The first-order chi connectivity index (χ1) is 18.5. The minimum atomic E-state index is 0.312. The molecule has 1 saturated heterocycles. The summed E-state index contributed by atoms with van der Waals surface area (Å²) >= 11 is 3.53. The first-order valence-electron chi connectivity index (χ1n) is 13.0. The fourth-order valence-corrected chi connectivity index (χ4v) is 11.6. The molecule has 11 heteroatoms. The standard InChI is InChI=1S/C14H18N2S3.C13H16N2OS3/c1-14(9-5-2-6-10-14)16-19-18-13-15-11-7-3-4-8-12(11)17-13;1-9-7-15(8-10(2)16-9)19-18-13-14-11-5-3-4-6-12(11)17-13/h3-4,7-8,16H,2,5-6,9-10H2,1H3;3-6,9-10H,7-8H2,1-2H3. The van der Waals surface area contributed by atoms with Crippen LogP contribution in [0, 0.1) is 0 Å². The zero-order valence-corrected chi connectivity index (χ0v) is 26.8. The van der Waals surface area contributed by atoms with E-state index in [1.54, 1.807) is 66.2 Å². The van der Waals surface area contributed by atoms with Crippen LogP contribution in [0.15, 0.2) is 57.2 Å². The SMILES string of the molecule is CC1(NSSc2nc3ccccc3s2)CCCCC1.CC1CN(SSc2nc3ccccc3s2)CC(C)O1. The van der Waals surface area contributed by atoms with Gasteiger partial charge in [-0.25, -0.2) is 19.0 Å². The predicted molar refractivity (Wildman–Crippen MR) is 172 cm³/mol. The van der Waals surface area contributed by atoms with Crippen LogP contribution in [0.25, 0.3) is 20.4 Å². The van der Waals surface area contributed by atoms with E-state index in [0.29, 0.717) is 17.7 Å². The number of ether oxygens (including phenoxy) is 1. The second-order valence-corrected chi connectivity index (χ2v) is 16.7. The van der Waals surface area contributed by atoms with Crippen molar-refractivity contribution < 1.29 is 4.74 Å². The van der Waals surface area contributed by atoms with Gasteiger partial charge in [0.2, 0.25) is 0 Å². The van der Waals surface area contributed by atoms with Crippen LogP contribution in [0.4, 0.5) is 0 Å². The van der Waals surface area contributed by atoms with E-state index in [1.165, 1.54) is 41.5 Å². The molecule has 1 aliphatic carbocycles. The molecule has 1 aliphatic heterocycles. The van der Waals surface area contributed by atoms with Gasteiger partial charge in [0.1, 0.15) is 0 Å². The van der Waals surface area contributed by atoms with E-state index in [9.17, 15) is 0 Å². The van der Waals surface area contributed by atoms with E-state index >= 15 is 0 Å². The second kappa shape index (κ2) is 13.9. The molecule has 4 aromatic rings. The molecule has 204 valence electrons. The Morgan fingerprint density at radius 1 is 0.842 bits per heavy atom. The number of nitrogens with one attached hydrogen (secondary N) is 1. The Labute approximate surface area is 249 Å². The van der Waals surface area contributed by atoms with Crippen LogP contribution in [0.1, 0.15) is 52.9 Å². The fraction of sp³-hybridized carbons (Fsp3) is 0.481. The van der Waals surface area contributed by atoms with Crippen LogP contribution < -0.4 is 4.72 Å². The molecular formula is C27H34N4OS6. The number of hydrogen-bond acceptors (Lipinski definition) is 11. The van der Waals surface area contributed by atoms with Gasteiger partial charge >= 0.3 is 0 Å². The maximum atomic E-state index is 5.74. The van der Waals surface area contributed by atoms with Crippen molar-refractivity contribution in [3.63, 3.8) is 0 Å². The van der Waals surface area contributed by atoms with E-state index in [1.807, 2.05) is 12.1 Å². The number of morpholine rings is 1. The van der Waals surface area contributed by atoms with Crippen LogP contribution in [-0.4, -0.2) is 45.1 Å². The summed E-state index contributed by atoms with van der Waals surface area (Å²) in [5, 5.41) is 0. The predicted octanol–water partition coefficient (Wildman–Crippen LogP) is 9.32. The molecule has 1 saturated carbocycles. The van der Waals surface area contributed by atoms with E-state index in [4.69, 9.17) is 4.74 Å². The smallest absolute Gasteiger partial charge is 0.162 e. The van der Waals surface area contributed by atoms with Crippen LogP contribution in [0.2, 0.25) is 0 Å². The summed E-state index contributed by atoms with van der Waals surface area (Å²) in [6.07, 6.45) is 7.32. The molecule has 2 fully saturated rings. The van der Waals surface area contributed by atoms with Crippen LogP contribution in [0.3, 0.4) is 0 Å². The lowest BCUT2D eigenvalue weighted by Crippen LogP contribution is -2.41. The summed E-state index contributed by atoms with van der Waals surface area (Å²) in [6.45, 7) is 8.56. The first-order valence-corrected chi connectivity index (χ1v) is 18.9. The number of benzene rings is 2. The molecule has 0 amide bonds. The molecule has 0 radical (unpaired) electrons. The van der Waals surface area contributed by atoms with Gasteiger partial charge in [-0.1, -0.05) is 43.5 Å². The molecular weight excluding hydrogens is 589 g/mol. The Bertz CT molecular complexity index is 1230. The molecule has 5 nitrogen and oxygen atoms in total. The number of aromatic nitrogens is 2. The van der Waals surface area contributed by atoms with Crippen LogP contribution >= 0.6 is 66.2 Å². The molecule has 3 heterocycles. The molecule has 38 heavy (non-hydrogen) atoms. The molecule has 1 N–H and O–H groups in total. The molecule has 0 bridgehead atoms. The van der Waals surface area contributed by atoms with E-state index in [0.717, 1.165) is 32.8 Å². The lowest BCUT2D eigenvalue weighted by molar-refractivity contribution is -0.0410. The third kappa shape index (κ3) is 8.27. The fourth-order valence-electron chi connectivity index (χ4n) is 4.64. The number of para-hydroxylation sites is 2. The molecule has 0 spiro atoms. The van der Waals surface area contributed by atoms with Crippen molar-refractivity contribution in [3.05, 3.63) is 48.5 Å². The normalized spacial score (nSPS) is 21.9. The van der Waals surface area contributed by atoms with Crippen molar-refractivity contribution in [1.82, 2.24) is 19.0 Å². The number of nitrogens with zero attached hydrogens (tertiary/aromatic N) is 3. The Hall–Kier alpha value is -0.500. The third-order valence-electron chi connectivity index (χ3n) is 6.51. The van der Waals surface area contributed by atoms with Crippen molar-refractivity contribution in [2.24, 2.45) is 0 Å². The summed E-state index contributed by atoms with van der Waals surface area (Å²) < 4.78 is 16.5. The molecule has 2 atom stereocenters. The number of rotatable bonds is 7. The van der Waals surface area contributed by atoms with Crippen molar-refractivity contribution in [1.29, 1.82) is 0 Å². The van der Waals surface area contributed by atoms with E-state index < -0.39 is 0 Å². The minimum absolute atomic E-state index is 0.312. The lowest BCUT2D eigenvalue weighted by Gasteiger charge is -2.33. The van der Waals surface area contributed by atoms with Crippen LogP contribution in [0.5, 0.6) is 0 Å². The maximum Gasteiger partial charge on any atom is 0.162 e. The van der Waals surface area contributed by atoms with Gasteiger partial charge in [-0.2, -0.15) is 0 Å². The van der Waals surface area contributed by atoms with E-state index in [-0.39, 0.29) is 0 Å². The number of fused-ring (bicyclic) bond motifs is 2. The Kier molecular flexibility index (Phi) is 10.6. The van der Waals surface area contributed by atoms with Crippen molar-refractivity contribution in [2.75, 3.05) is 13.1 Å². The molecule has 2 aromatic heterocycles. The highest BCUT2D eigenvalue weighted by Gasteiger charge is 2.26. The summed E-state index contributed by atoms with van der Waals surface area (Å²) in [6, 6.07) is 16.6. The Morgan fingerprint density at radius 3 is 1.97 bits per heavy atom. The van der Waals surface area contributed by atoms with Gasteiger partial charge in [-0.3, -0.25) is 0 Å². The summed E-state index contributed by atoms with van der Waals surface area (Å²) in [4.78, 5) is 9.28. The molecule has 2 aliphatic rings. The largest absolute Gasteiger partial charge is 0.373 e. The Balaban J connectivity index is 0.000000155. The highest BCUT2D eigenvalue weighted by molar-refractivity contribution is 8.76. The highest BCUT2D eigenvalue weighted by Crippen LogP contribution is 2.40. The number of thiazole rings is 2. The molecule has 6 rings (SSSR count). The zero-order valence-electron chi connectivity index (χ0n) is 21.9. The van der Waals surface area contributed by atoms with Gasteiger partial charge in [0.25, 0.3) is 0 Å². The zero-order chi connectivity index (χ0) is 26.4. The van der Waals surface area contributed by atoms with Crippen molar-refractivity contribution in [3.8, 4) is 0 Å². The summed E-state index contributed by atoms with van der Waals surface area (Å²) in [7, 11) is 7.04. The van der Waals surface area contributed by atoms with Crippen molar-refractivity contribution in [2.45, 2.75) is 79.3 Å². The summed E-state index contributed by atoms with van der Waals surface area (Å²) in [5.74, 6) is 0. The monoisotopic (exact) mass is 622 g/mol. The highest BCUT2D eigenvalue weighted by atomic mass is 33.1. The van der Waals surface area contributed by atoms with Gasteiger partial charge in [-0.05, 0) is 101 Å². The average Bonchev–Trinajstić information content (AvgIpc) is 3.51. The number of hydrogen-bond donors (Lipinski definition) is 1. The minimum Gasteiger partial charge on any atom is -0.373 e. The van der Waals surface area contributed by atoms with Gasteiger partial charge in [-0.15, -0.1) is 22.7 Å². The average molecular weight is 623 g/mol. The summed E-state index contributed by atoms with van der Waals surface area (Å²) in [5.41, 5.74) is 2.52. The molecule has 2 aromatic carbocycles. The van der Waals surface area contributed by atoms with E-state index in [2.05, 4.69) is 76.2 Å². The van der Waals surface area contributed by atoms with Gasteiger partial charge in [0.05, 0.1) is 32.6 Å². The second-order valence-electron chi connectivity index (χ2n) is 10.0. The quantitative estimate of drug-likeness (QED) is 0.160. The maximum absolute atomic E-state index is 5.74. The molecule has 2 unspecified atom stereocenters. The van der Waals surface area contributed by atoms with Gasteiger partial charge in [0, 0.05) is 18.6 Å². The topological polar surface area (TPSA) is 50.3 Å². The van der Waals surface area contributed by atoms with Crippen molar-refractivity contribution >= 4 is 86.7 Å². The lowest BCUT2D eigenvalue weighted by atomic mass is 9.84.